The minimum atomic E-state index is -0.0481. The largest absolute Gasteiger partial charge is 0.278 e. The summed E-state index contributed by atoms with van der Waals surface area (Å²) in [6.45, 7) is 0.561. The number of hydrogen-bond donors (Lipinski definition) is 0. The second-order valence-corrected chi connectivity index (χ2v) is 2.68. The van der Waals surface area contributed by atoms with Crippen LogP contribution in [0.15, 0.2) is 24.3 Å². The van der Waals surface area contributed by atoms with Gasteiger partial charge >= 0.3 is 0 Å². The van der Waals surface area contributed by atoms with Crippen LogP contribution in [0.2, 0.25) is 0 Å². The van der Waals surface area contributed by atoms with E-state index in [4.69, 9.17) is 4.84 Å². The maximum absolute atomic E-state index is 11.4. The Morgan fingerprint density at radius 2 is 2.17 bits per heavy atom. The zero-order chi connectivity index (χ0) is 8.55. The molecule has 1 amide bonds. The van der Waals surface area contributed by atoms with Crippen LogP contribution in [-0.4, -0.2) is 18.1 Å². The van der Waals surface area contributed by atoms with Gasteiger partial charge in [-0.3, -0.25) is 9.63 Å². The van der Waals surface area contributed by atoms with Crippen LogP contribution in [0.4, 0.5) is 0 Å². The summed E-state index contributed by atoms with van der Waals surface area (Å²) in [5.41, 5.74) is 1.78. The first kappa shape index (κ1) is 7.31. The number of hydrogen-bond acceptors (Lipinski definition) is 2. The summed E-state index contributed by atoms with van der Waals surface area (Å²) >= 11 is 0. The van der Waals surface area contributed by atoms with E-state index in [0.717, 1.165) is 11.1 Å². The lowest BCUT2D eigenvalue weighted by Crippen LogP contribution is -2.21. The van der Waals surface area contributed by atoms with Crippen LogP contribution in [0.5, 0.6) is 0 Å². The summed E-state index contributed by atoms with van der Waals surface area (Å²) < 4.78 is 0. The fraction of sp³-hybridized carbons (Fsp3) is 0.222. The van der Waals surface area contributed by atoms with E-state index in [-0.39, 0.29) is 5.91 Å². The summed E-state index contributed by atoms with van der Waals surface area (Å²) in [6, 6.07) is 7.53. The van der Waals surface area contributed by atoms with Crippen LogP contribution < -0.4 is 0 Å². The molecular formula is C9H9NO2. The van der Waals surface area contributed by atoms with Gasteiger partial charge in [0, 0.05) is 5.56 Å². The van der Waals surface area contributed by atoms with E-state index in [0.29, 0.717) is 6.54 Å². The molecule has 1 aromatic carbocycles. The van der Waals surface area contributed by atoms with Crippen LogP contribution in [-0.2, 0) is 11.4 Å². The average molecular weight is 163 g/mol. The molecule has 0 saturated carbocycles. The van der Waals surface area contributed by atoms with Crippen molar-refractivity contribution in [2.45, 2.75) is 6.54 Å². The Bertz CT molecular complexity index is 322. The van der Waals surface area contributed by atoms with Gasteiger partial charge in [-0.05, 0) is 11.6 Å². The van der Waals surface area contributed by atoms with Gasteiger partial charge in [-0.1, -0.05) is 18.2 Å². The maximum atomic E-state index is 11.4. The van der Waals surface area contributed by atoms with Crippen molar-refractivity contribution in [3.63, 3.8) is 0 Å². The van der Waals surface area contributed by atoms with E-state index >= 15 is 0 Å². The predicted molar refractivity (Wildman–Crippen MR) is 43.3 cm³/mol. The first-order valence-electron chi connectivity index (χ1n) is 3.77. The van der Waals surface area contributed by atoms with E-state index in [1.54, 1.807) is 0 Å². The maximum Gasteiger partial charge on any atom is 0.278 e. The predicted octanol–water partition coefficient (Wildman–Crippen LogP) is 1.20. The fourth-order valence-corrected chi connectivity index (χ4v) is 1.38. The molecule has 0 unspecified atom stereocenters. The van der Waals surface area contributed by atoms with E-state index in [1.165, 1.54) is 12.2 Å². The van der Waals surface area contributed by atoms with Crippen LogP contribution in [0.25, 0.3) is 0 Å². The lowest BCUT2D eigenvalue weighted by molar-refractivity contribution is -0.0956. The Hall–Kier alpha value is -1.35. The van der Waals surface area contributed by atoms with Crippen molar-refractivity contribution in [3.8, 4) is 0 Å². The molecule has 0 aliphatic carbocycles. The van der Waals surface area contributed by atoms with E-state index in [9.17, 15) is 4.79 Å². The Labute approximate surface area is 70.5 Å². The average Bonchev–Trinajstić information content (AvgIpc) is 2.44. The number of benzene rings is 1. The number of carbonyl (C=O) groups excluding carboxylic acids is 1. The molecule has 0 fully saturated rings. The van der Waals surface area contributed by atoms with E-state index in [1.807, 2.05) is 24.3 Å². The van der Waals surface area contributed by atoms with Crippen molar-refractivity contribution < 1.29 is 9.63 Å². The smallest absolute Gasteiger partial charge is 0.274 e. The van der Waals surface area contributed by atoms with Crippen LogP contribution in [0.1, 0.15) is 15.9 Å². The molecule has 0 radical (unpaired) electrons. The zero-order valence-corrected chi connectivity index (χ0v) is 6.78. The first-order valence-corrected chi connectivity index (χ1v) is 3.77. The molecule has 0 aromatic heterocycles. The lowest BCUT2D eigenvalue weighted by Gasteiger charge is -2.09. The molecule has 1 aliphatic heterocycles. The van der Waals surface area contributed by atoms with Crippen molar-refractivity contribution in [1.29, 1.82) is 0 Å². The van der Waals surface area contributed by atoms with Crippen LogP contribution in [0, 0.1) is 0 Å². The first-order chi connectivity index (χ1) is 5.83. The third kappa shape index (κ3) is 0.905. The highest BCUT2D eigenvalue weighted by Crippen LogP contribution is 2.21. The number of nitrogens with zero attached hydrogens (tertiary/aromatic N) is 1. The summed E-state index contributed by atoms with van der Waals surface area (Å²) in [4.78, 5) is 16.3. The van der Waals surface area contributed by atoms with Gasteiger partial charge in [0.1, 0.15) is 0 Å². The van der Waals surface area contributed by atoms with Crippen molar-refractivity contribution in [2.75, 3.05) is 7.11 Å². The molecule has 1 heterocycles. The van der Waals surface area contributed by atoms with Gasteiger partial charge in [-0.15, -0.1) is 0 Å². The normalized spacial score (nSPS) is 15.1. The van der Waals surface area contributed by atoms with Gasteiger partial charge < -0.3 is 0 Å². The molecule has 1 aromatic rings. The number of amides is 1. The van der Waals surface area contributed by atoms with E-state index in [2.05, 4.69) is 0 Å². The molecule has 2 rings (SSSR count). The summed E-state index contributed by atoms with van der Waals surface area (Å²) in [5.74, 6) is -0.0481. The highest BCUT2D eigenvalue weighted by atomic mass is 16.7. The summed E-state index contributed by atoms with van der Waals surface area (Å²) in [6.07, 6.45) is 0. The van der Waals surface area contributed by atoms with Crippen molar-refractivity contribution >= 4 is 5.91 Å². The van der Waals surface area contributed by atoms with Gasteiger partial charge in [0.05, 0.1) is 13.7 Å². The quantitative estimate of drug-likeness (QED) is 0.622. The molecule has 3 heteroatoms. The number of hydroxylamine groups is 2. The molecule has 3 nitrogen and oxygen atoms in total. The summed E-state index contributed by atoms with van der Waals surface area (Å²) in [7, 11) is 1.50. The number of carbonyl (C=O) groups is 1. The van der Waals surface area contributed by atoms with Crippen molar-refractivity contribution in [2.24, 2.45) is 0 Å². The highest BCUT2D eigenvalue weighted by Gasteiger charge is 2.26. The van der Waals surface area contributed by atoms with Gasteiger partial charge in [-0.2, -0.15) is 0 Å². The molecule has 1 aliphatic rings. The Morgan fingerprint density at radius 1 is 1.42 bits per heavy atom. The third-order valence-electron chi connectivity index (χ3n) is 2.01. The van der Waals surface area contributed by atoms with E-state index < -0.39 is 0 Å². The molecule has 0 saturated heterocycles. The molecular weight excluding hydrogens is 154 g/mol. The Kier molecular flexibility index (Phi) is 1.59. The minimum absolute atomic E-state index is 0.0481. The topological polar surface area (TPSA) is 29.5 Å². The molecule has 0 spiro atoms. The van der Waals surface area contributed by atoms with Crippen molar-refractivity contribution in [3.05, 3.63) is 35.4 Å². The van der Waals surface area contributed by atoms with Crippen molar-refractivity contribution in [1.82, 2.24) is 5.06 Å². The molecule has 62 valence electrons. The fourth-order valence-electron chi connectivity index (χ4n) is 1.38. The minimum Gasteiger partial charge on any atom is -0.274 e. The van der Waals surface area contributed by atoms with Gasteiger partial charge in [0.25, 0.3) is 5.91 Å². The number of rotatable bonds is 1. The SMILES string of the molecule is CON1Cc2ccccc2C1=O. The molecule has 0 bridgehead atoms. The second-order valence-electron chi connectivity index (χ2n) is 2.68. The van der Waals surface area contributed by atoms with Crippen LogP contribution in [0.3, 0.4) is 0 Å². The van der Waals surface area contributed by atoms with Crippen LogP contribution >= 0.6 is 0 Å². The summed E-state index contributed by atoms with van der Waals surface area (Å²) in [5, 5.41) is 1.35. The number of fused-ring (bicyclic) bond motifs is 1. The lowest BCUT2D eigenvalue weighted by atomic mass is 10.1. The highest BCUT2D eigenvalue weighted by molar-refractivity contribution is 5.97. The molecule has 0 atom stereocenters. The monoisotopic (exact) mass is 163 g/mol. The Balaban J connectivity index is 2.42. The van der Waals surface area contributed by atoms with Gasteiger partial charge in [0.2, 0.25) is 0 Å². The van der Waals surface area contributed by atoms with Gasteiger partial charge in [-0.25, -0.2) is 5.06 Å². The standard InChI is InChI=1S/C9H9NO2/c1-12-10-6-7-4-2-3-5-8(7)9(10)11/h2-5H,6H2,1H3. The zero-order valence-electron chi connectivity index (χ0n) is 6.78. The second kappa shape index (κ2) is 2.60. The van der Waals surface area contributed by atoms with Gasteiger partial charge in [0.15, 0.2) is 0 Å². The third-order valence-corrected chi connectivity index (χ3v) is 2.01. The Morgan fingerprint density at radius 3 is 2.83 bits per heavy atom. The molecule has 0 N–H and O–H groups in total. The molecule has 12 heavy (non-hydrogen) atoms.